The Morgan fingerprint density at radius 2 is 1.67 bits per heavy atom. The van der Waals surface area contributed by atoms with Crippen LogP contribution in [0.1, 0.15) is 33.3 Å². The van der Waals surface area contributed by atoms with Crippen molar-refractivity contribution in [2.45, 2.75) is 52.4 Å². The van der Waals surface area contributed by atoms with E-state index < -0.39 is 18.2 Å². The fourth-order valence-electron chi connectivity index (χ4n) is 2.01. The first-order valence-corrected chi connectivity index (χ1v) is 7.95. The summed E-state index contributed by atoms with van der Waals surface area (Å²) in [5, 5.41) is 10.7. The molecule has 1 aromatic rings. The predicted molar refractivity (Wildman–Crippen MR) is 89.2 cm³/mol. The van der Waals surface area contributed by atoms with Crippen LogP contribution in [0.2, 0.25) is 0 Å². The van der Waals surface area contributed by atoms with E-state index >= 15 is 0 Å². The van der Waals surface area contributed by atoms with Gasteiger partial charge in [0.1, 0.15) is 0 Å². The monoisotopic (exact) mass is 338 g/mol. The lowest BCUT2D eigenvalue weighted by Gasteiger charge is -2.30. The van der Waals surface area contributed by atoms with Crippen molar-refractivity contribution >= 4 is 12.2 Å². The van der Waals surface area contributed by atoms with Crippen molar-refractivity contribution in [3.63, 3.8) is 0 Å². The topological polar surface area (TPSA) is 88.1 Å². The molecule has 0 fully saturated rings. The maximum absolute atomic E-state index is 12.3. The van der Waals surface area contributed by atoms with E-state index in [0.717, 1.165) is 10.6 Å². The fourth-order valence-corrected chi connectivity index (χ4v) is 2.01. The average molecular weight is 338 g/mol. The number of rotatable bonds is 6. The highest BCUT2D eigenvalue weighted by Crippen LogP contribution is 2.10. The van der Waals surface area contributed by atoms with Gasteiger partial charge >= 0.3 is 12.2 Å². The maximum atomic E-state index is 12.3. The molecule has 0 aliphatic carbocycles. The maximum Gasteiger partial charge on any atom is 0.429 e. The van der Waals surface area contributed by atoms with Crippen molar-refractivity contribution in [3.8, 4) is 0 Å². The normalized spacial score (nSPS) is 12.0. The summed E-state index contributed by atoms with van der Waals surface area (Å²) >= 11 is 0. The zero-order valence-corrected chi connectivity index (χ0v) is 14.6. The van der Waals surface area contributed by atoms with Gasteiger partial charge in [0.05, 0.1) is 24.9 Å². The number of carbonyl (C=O) groups is 2. The minimum absolute atomic E-state index is 0.338. The van der Waals surface area contributed by atoms with E-state index in [4.69, 9.17) is 9.47 Å². The molecule has 0 bridgehead atoms. The Morgan fingerprint density at radius 1 is 1.08 bits per heavy atom. The number of nitrogens with zero attached hydrogens (tertiary/aromatic N) is 1. The Bertz CT molecular complexity index is 519. The molecule has 7 nitrogen and oxygen atoms in total. The molecule has 1 rings (SSSR count). The molecule has 0 aromatic heterocycles. The summed E-state index contributed by atoms with van der Waals surface area (Å²) in [5.41, 5.74) is 3.28. The molecule has 134 valence electrons. The quantitative estimate of drug-likeness (QED) is 0.778. The molecule has 0 aliphatic heterocycles. The lowest BCUT2D eigenvalue weighted by atomic mass is 10.1. The lowest BCUT2D eigenvalue weighted by Crippen LogP contribution is -2.55. The number of benzene rings is 1. The van der Waals surface area contributed by atoms with Crippen molar-refractivity contribution in [2.75, 3.05) is 6.61 Å². The Hall–Kier alpha value is -2.28. The number of amides is 2. The third-order valence-electron chi connectivity index (χ3n) is 2.98. The van der Waals surface area contributed by atoms with Gasteiger partial charge in [-0.05, 0) is 39.7 Å². The second-order valence-corrected chi connectivity index (χ2v) is 5.89. The molecule has 1 aromatic carbocycles. The Balaban J connectivity index is 2.90. The van der Waals surface area contributed by atoms with Gasteiger partial charge in [-0.1, -0.05) is 30.3 Å². The van der Waals surface area contributed by atoms with Crippen LogP contribution >= 0.6 is 0 Å². The third-order valence-corrected chi connectivity index (χ3v) is 2.98. The van der Waals surface area contributed by atoms with Crippen molar-refractivity contribution in [3.05, 3.63) is 35.9 Å². The molecule has 0 aliphatic rings. The van der Waals surface area contributed by atoms with Crippen LogP contribution in [0.3, 0.4) is 0 Å². The van der Waals surface area contributed by atoms with Crippen molar-refractivity contribution in [2.24, 2.45) is 0 Å². The number of hydrogen-bond donors (Lipinski definition) is 2. The molecule has 0 spiro atoms. The zero-order valence-electron chi connectivity index (χ0n) is 14.6. The minimum atomic E-state index is -0.780. The van der Waals surface area contributed by atoms with Gasteiger partial charge in [0.15, 0.2) is 0 Å². The van der Waals surface area contributed by atoms with Crippen molar-refractivity contribution < 1.29 is 24.2 Å². The first-order valence-electron chi connectivity index (χ1n) is 7.95. The molecule has 0 heterocycles. The highest BCUT2D eigenvalue weighted by atomic mass is 16.6. The highest BCUT2D eigenvalue weighted by Gasteiger charge is 2.28. The SMILES string of the molecule is CC(C)OC(=O)NN(C(=O)OC(C)C)[C@@H](CO)Cc1ccccc1. The van der Waals surface area contributed by atoms with E-state index in [1.165, 1.54) is 0 Å². The van der Waals surface area contributed by atoms with E-state index in [9.17, 15) is 14.7 Å². The van der Waals surface area contributed by atoms with Crippen LogP contribution in [0.25, 0.3) is 0 Å². The van der Waals surface area contributed by atoms with Crippen LogP contribution in [-0.2, 0) is 15.9 Å². The third kappa shape index (κ3) is 6.87. The summed E-state index contributed by atoms with van der Waals surface area (Å²) in [5.74, 6) is 0. The number of aliphatic hydroxyl groups excluding tert-OH is 1. The first kappa shape index (κ1) is 19.8. The van der Waals surface area contributed by atoms with Gasteiger partial charge in [-0.3, -0.25) is 0 Å². The second-order valence-electron chi connectivity index (χ2n) is 5.89. The number of carbonyl (C=O) groups excluding carboxylic acids is 2. The van der Waals surface area contributed by atoms with Gasteiger partial charge in [0, 0.05) is 0 Å². The molecule has 0 saturated carbocycles. The van der Waals surface area contributed by atoms with Gasteiger partial charge in [0.2, 0.25) is 0 Å². The highest BCUT2D eigenvalue weighted by molar-refractivity contribution is 5.74. The number of aliphatic hydroxyl groups is 1. The van der Waals surface area contributed by atoms with Crippen LogP contribution in [0.4, 0.5) is 9.59 Å². The molecule has 0 unspecified atom stereocenters. The predicted octanol–water partition coefficient (Wildman–Crippen LogP) is 2.49. The zero-order chi connectivity index (χ0) is 18.1. The fraction of sp³-hybridized carbons (Fsp3) is 0.529. The summed E-state index contributed by atoms with van der Waals surface area (Å²) in [6.45, 7) is 6.46. The van der Waals surface area contributed by atoms with Crippen LogP contribution in [0, 0.1) is 0 Å². The molecular formula is C17H26N2O5. The van der Waals surface area contributed by atoms with Gasteiger partial charge in [-0.2, -0.15) is 0 Å². The molecule has 1 atom stereocenters. The molecule has 7 heteroatoms. The Morgan fingerprint density at radius 3 is 2.17 bits per heavy atom. The van der Waals surface area contributed by atoms with E-state index in [1.807, 2.05) is 30.3 Å². The van der Waals surface area contributed by atoms with E-state index in [1.54, 1.807) is 27.7 Å². The van der Waals surface area contributed by atoms with Crippen molar-refractivity contribution in [1.29, 1.82) is 0 Å². The summed E-state index contributed by atoms with van der Waals surface area (Å²) in [7, 11) is 0. The number of ether oxygens (including phenoxy) is 2. The van der Waals surface area contributed by atoms with Crippen molar-refractivity contribution in [1.82, 2.24) is 10.4 Å². The smallest absolute Gasteiger partial charge is 0.429 e. The molecule has 2 amide bonds. The van der Waals surface area contributed by atoms with E-state index in [0.29, 0.717) is 6.42 Å². The number of hydrogen-bond acceptors (Lipinski definition) is 5. The first-order chi connectivity index (χ1) is 11.3. The summed E-state index contributed by atoms with van der Waals surface area (Å²) in [6, 6.07) is 8.67. The van der Waals surface area contributed by atoms with Crippen LogP contribution in [0.5, 0.6) is 0 Å². The van der Waals surface area contributed by atoms with Crippen LogP contribution in [0.15, 0.2) is 30.3 Å². The van der Waals surface area contributed by atoms with Gasteiger partial charge in [-0.25, -0.2) is 20.0 Å². The molecular weight excluding hydrogens is 312 g/mol. The van der Waals surface area contributed by atoms with E-state index in [-0.39, 0.29) is 18.8 Å². The van der Waals surface area contributed by atoms with E-state index in [2.05, 4.69) is 5.43 Å². The minimum Gasteiger partial charge on any atom is -0.446 e. The Labute approximate surface area is 142 Å². The standard InChI is InChI=1S/C17H26N2O5/c1-12(2)23-16(21)18-19(17(22)24-13(3)4)15(11-20)10-14-8-6-5-7-9-14/h5-9,12-13,15,20H,10-11H2,1-4H3,(H,18,21)/t15-/m1/s1. The second kappa shape index (κ2) is 9.77. The Kier molecular flexibility index (Phi) is 8.05. The van der Waals surface area contributed by atoms with Crippen LogP contribution < -0.4 is 5.43 Å². The number of hydrazine groups is 1. The van der Waals surface area contributed by atoms with Gasteiger partial charge < -0.3 is 14.6 Å². The lowest BCUT2D eigenvalue weighted by molar-refractivity contribution is 0.0197. The molecule has 0 saturated heterocycles. The summed E-state index contributed by atoms with van der Waals surface area (Å²) in [4.78, 5) is 24.2. The summed E-state index contributed by atoms with van der Waals surface area (Å²) in [6.07, 6.45) is -1.88. The largest absolute Gasteiger partial charge is 0.446 e. The molecule has 2 N–H and O–H groups in total. The van der Waals surface area contributed by atoms with Crippen LogP contribution in [-0.4, -0.2) is 47.2 Å². The molecule has 24 heavy (non-hydrogen) atoms. The summed E-state index contributed by atoms with van der Waals surface area (Å²) < 4.78 is 10.1. The number of nitrogens with one attached hydrogen (secondary N) is 1. The molecule has 0 radical (unpaired) electrons. The van der Waals surface area contributed by atoms with Gasteiger partial charge in [-0.15, -0.1) is 0 Å². The van der Waals surface area contributed by atoms with Gasteiger partial charge in [0.25, 0.3) is 0 Å². The average Bonchev–Trinajstić information content (AvgIpc) is 2.50.